The van der Waals surface area contributed by atoms with Crippen LogP contribution in [0.5, 0.6) is 0 Å². The lowest BCUT2D eigenvalue weighted by Crippen LogP contribution is -2.09. The van der Waals surface area contributed by atoms with Crippen molar-refractivity contribution in [3.05, 3.63) is 35.9 Å². The first-order valence-electron chi connectivity index (χ1n) is 5.29. The highest BCUT2D eigenvalue weighted by molar-refractivity contribution is 5.86. The third-order valence-corrected chi connectivity index (χ3v) is 2.95. The Hall–Kier alpha value is -1.11. The van der Waals surface area contributed by atoms with Gasteiger partial charge < -0.3 is 0 Å². The van der Waals surface area contributed by atoms with Crippen LogP contribution in [-0.4, -0.2) is 5.78 Å². The van der Waals surface area contributed by atoms with E-state index in [4.69, 9.17) is 0 Å². The molecular formula is C13H16O. The van der Waals surface area contributed by atoms with Gasteiger partial charge in [0.2, 0.25) is 0 Å². The predicted octanol–water partition coefficient (Wildman–Crippen LogP) is 3.02. The maximum absolute atomic E-state index is 11.7. The van der Waals surface area contributed by atoms with Gasteiger partial charge in [0.25, 0.3) is 0 Å². The molecule has 0 saturated heterocycles. The molecule has 0 amide bonds. The number of Topliss-reactive ketones (excluding diaryl/α,β-unsaturated/α-hetero) is 1. The third-order valence-electron chi connectivity index (χ3n) is 2.95. The van der Waals surface area contributed by atoms with Crippen LogP contribution in [0.1, 0.15) is 31.7 Å². The molecule has 0 radical (unpaired) electrons. The number of hydrogen-bond acceptors (Lipinski definition) is 1. The van der Waals surface area contributed by atoms with Crippen LogP contribution in [0.15, 0.2) is 30.3 Å². The SMILES string of the molecule is CC(C)C(=O)[C@@H]1CC1c1ccccc1. The lowest BCUT2D eigenvalue weighted by atomic mass is 10.0. The molecule has 2 atom stereocenters. The highest BCUT2D eigenvalue weighted by Gasteiger charge is 2.43. The summed E-state index contributed by atoms with van der Waals surface area (Å²) in [7, 11) is 0. The average molecular weight is 188 g/mol. The highest BCUT2D eigenvalue weighted by Crippen LogP contribution is 2.48. The number of benzene rings is 1. The second kappa shape index (κ2) is 3.56. The molecule has 0 heterocycles. The van der Waals surface area contributed by atoms with Crippen LogP contribution in [0.4, 0.5) is 0 Å². The number of carbonyl (C=O) groups excluding carboxylic acids is 1. The standard InChI is InChI=1S/C13H16O/c1-9(2)13(14)12-8-11(12)10-6-4-3-5-7-10/h3-7,9,11-12H,8H2,1-2H3/t11?,12-/m1/s1. The van der Waals surface area contributed by atoms with Crippen molar-refractivity contribution in [1.29, 1.82) is 0 Å². The predicted molar refractivity (Wildman–Crippen MR) is 57.1 cm³/mol. The zero-order valence-corrected chi connectivity index (χ0v) is 8.73. The number of ketones is 1. The van der Waals surface area contributed by atoms with Gasteiger partial charge in [-0.25, -0.2) is 0 Å². The molecule has 1 aliphatic rings. The molecular weight excluding hydrogens is 172 g/mol. The Morgan fingerprint density at radius 1 is 1.29 bits per heavy atom. The van der Waals surface area contributed by atoms with Crippen LogP contribution < -0.4 is 0 Å². The van der Waals surface area contributed by atoms with Crippen molar-refractivity contribution in [3.63, 3.8) is 0 Å². The van der Waals surface area contributed by atoms with Crippen molar-refractivity contribution in [2.24, 2.45) is 11.8 Å². The van der Waals surface area contributed by atoms with Gasteiger partial charge in [-0.15, -0.1) is 0 Å². The summed E-state index contributed by atoms with van der Waals surface area (Å²) in [5, 5.41) is 0. The van der Waals surface area contributed by atoms with E-state index in [9.17, 15) is 4.79 Å². The van der Waals surface area contributed by atoms with Gasteiger partial charge in [-0.1, -0.05) is 44.2 Å². The summed E-state index contributed by atoms with van der Waals surface area (Å²) in [6.07, 6.45) is 1.06. The monoisotopic (exact) mass is 188 g/mol. The summed E-state index contributed by atoms with van der Waals surface area (Å²) in [5.41, 5.74) is 1.33. The van der Waals surface area contributed by atoms with E-state index in [0.29, 0.717) is 17.6 Å². The van der Waals surface area contributed by atoms with Crippen molar-refractivity contribution in [2.75, 3.05) is 0 Å². The van der Waals surface area contributed by atoms with E-state index in [1.807, 2.05) is 32.0 Å². The molecule has 1 nitrogen and oxygen atoms in total. The fraction of sp³-hybridized carbons (Fsp3) is 0.462. The second-order valence-corrected chi connectivity index (χ2v) is 4.42. The number of rotatable bonds is 3. The van der Waals surface area contributed by atoms with Crippen LogP contribution in [0.2, 0.25) is 0 Å². The van der Waals surface area contributed by atoms with E-state index in [1.165, 1.54) is 5.56 Å². The van der Waals surface area contributed by atoms with Crippen LogP contribution in [0.25, 0.3) is 0 Å². The van der Waals surface area contributed by atoms with Gasteiger partial charge in [-0.3, -0.25) is 4.79 Å². The largest absolute Gasteiger partial charge is 0.299 e. The van der Waals surface area contributed by atoms with Gasteiger partial charge in [-0.2, -0.15) is 0 Å². The van der Waals surface area contributed by atoms with Gasteiger partial charge in [0.15, 0.2) is 0 Å². The summed E-state index contributed by atoms with van der Waals surface area (Å²) >= 11 is 0. The van der Waals surface area contributed by atoms with Crippen LogP contribution >= 0.6 is 0 Å². The third kappa shape index (κ3) is 1.72. The van der Waals surface area contributed by atoms with E-state index < -0.39 is 0 Å². The Balaban J connectivity index is 2.03. The molecule has 1 aromatic carbocycles. The lowest BCUT2D eigenvalue weighted by molar-refractivity contribution is -0.123. The van der Waals surface area contributed by atoms with Crippen molar-refractivity contribution in [3.8, 4) is 0 Å². The zero-order valence-electron chi connectivity index (χ0n) is 8.73. The highest BCUT2D eigenvalue weighted by atomic mass is 16.1. The minimum Gasteiger partial charge on any atom is -0.299 e. The first-order valence-corrected chi connectivity index (χ1v) is 5.29. The smallest absolute Gasteiger partial charge is 0.139 e. The Morgan fingerprint density at radius 2 is 1.93 bits per heavy atom. The topological polar surface area (TPSA) is 17.1 Å². The molecule has 1 saturated carbocycles. The van der Waals surface area contributed by atoms with Crippen molar-refractivity contribution in [2.45, 2.75) is 26.2 Å². The summed E-state index contributed by atoms with van der Waals surface area (Å²) in [6.45, 7) is 3.98. The molecule has 1 heteroatoms. The summed E-state index contributed by atoms with van der Waals surface area (Å²) in [6, 6.07) is 10.4. The minimum atomic E-state index is 0.189. The van der Waals surface area contributed by atoms with E-state index in [2.05, 4.69) is 12.1 Å². The quantitative estimate of drug-likeness (QED) is 0.712. The Bertz CT molecular complexity index is 326. The lowest BCUT2D eigenvalue weighted by Gasteiger charge is -2.02. The van der Waals surface area contributed by atoms with E-state index >= 15 is 0 Å². The molecule has 1 aromatic rings. The normalized spacial score (nSPS) is 25.1. The van der Waals surface area contributed by atoms with Crippen LogP contribution in [0.3, 0.4) is 0 Å². The number of carbonyl (C=O) groups is 1. The Kier molecular flexibility index (Phi) is 2.40. The van der Waals surface area contributed by atoms with Gasteiger partial charge in [0.05, 0.1) is 0 Å². The molecule has 0 spiro atoms. The molecule has 2 rings (SSSR count). The summed E-state index contributed by atoms with van der Waals surface area (Å²) in [4.78, 5) is 11.7. The maximum Gasteiger partial charge on any atom is 0.139 e. The minimum absolute atomic E-state index is 0.189. The molecule has 0 N–H and O–H groups in total. The summed E-state index contributed by atoms with van der Waals surface area (Å²) in [5.74, 6) is 1.43. The van der Waals surface area contributed by atoms with Gasteiger partial charge in [-0.05, 0) is 17.9 Å². The van der Waals surface area contributed by atoms with Crippen LogP contribution in [0, 0.1) is 11.8 Å². The molecule has 1 unspecified atom stereocenters. The van der Waals surface area contributed by atoms with Gasteiger partial charge in [0, 0.05) is 11.8 Å². The first-order chi connectivity index (χ1) is 6.70. The molecule has 1 fully saturated rings. The fourth-order valence-electron chi connectivity index (χ4n) is 2.01. The first kappa shape index (κ1) is 9.45. The molecule has 74 valence electrons. The Morgan fingerprint density at radius 3 is 2.50 bits per heavy atom. The van der Waals surface area contributed by atoms with E-state index in [-0.39, 0.29) is 5.92 Å². The van der Waals surface area contributed by atoms with E-state index in [1.54, 1.807) is 0 Å². The maximum atomic E-state index is 11.7. The molecule has 0 aliphatic heterocycles. The van der Waals surface area contributed by atoms with Gasteiger partial charge >= 0.3 is 0 Å². The molecule has 0 bridgehead atoms. The fourth-order valence-corrected chi connectivity index (χ4v) is 2.01. The number of hydrogen-bond donors (Lipinski definition) is 0. The van der Waals surface area contributed by atoms with Crippen molar-refractivity contribution < 1.29 is 4.79 Å². The van der Waals surface area contributed by atoms with Crippen molar-refractivity contribution >= 4 is 5.78 Å². The average Bonchev–Trinajstić information content (AvgIpc) is 2.97. The molecule has 1 aliphatic carbocycles. The van der Waals surface area contributed by atoms with Gasteiger partial charge in [0.1, 0.15) is 5.78 Å². The molecule has 0 aromatic heterocycles. The summed E-state index contributed by atoms with van der Waals surface area (Å²) < 4.78 is 0. The zero-order chi connectivity index (χ0) is 10.1. The van der Waals surface area contributed by atoms with Crippen molar-refractivity contribution in [1.82, 2.24) is 0 Å². The molecule has 14 heavy (non-hydrogen) atoms. The second-order valence-electron chi connectivity index (χ2n) is 4.42. The van der Waals surface area contributed by atoms with E-state index in [0.717, 1.165) is 6.42 Å². The van der Waals surface area contributed by atoms with Crippen LogP contribution in [-0.2, 0) is 4.79 Å². The Labute approximate surface area is 85.1 Å².